The van der Waals surface area contributed by atoms with Crippen LogP contribution in [0, 0.1) is 0 Å². The largest absolute Gasteiger partial charge is 0.457 e. The first-order chi connectivity index (χ1) is 22.7. The fourth-order valence-electron chi connectivity index (χ4n) is 7.82. The van der Waals surface area contributed by atoms with Crippen molar-refractivity contribution in [1.29, 1.82) is 0 Å². The van der Waals surface area contributed by atoms with Gasteiger partial charge < -0.3 is 9.30 Å². The van der Waals surface area contributed by atoms with E-state index in [-0.39, 0.29) is 0 Å². The summed E-state index contributed by atoms with van der Waals surface area (Å²) in [5.74, 6) is 1.74. The summed E-state index contributed by atoms with van der Waals surface area (Å²) >= 11 is 0. The summed E-state index contributed by atoms with van der Waals surface area (Å²) in [6, 6.07) is 50.9. The average molecular weight is 611 g/mol. The molecule has 3 aliphatic rings. The van der Waals surface area contributed by atoms with E-state index in [1.165, 1.54) is 27.8 Å². The van der Waals surface area contributed by atoms with Gasteiger partial charge in [-0.25, -0.2) is 0 Å². The van der Waals surface area contributed by atoms with Crippen molar-refractivity contribution in [3.05, 3.63) is 191 Å². The van der Waals surface area contributed by atoms with Crippen molar-refractivity contribution in [2.45, 2.75) is 18.3 Å². The van der Waals surface area contributed by atoms with Crippen LogP contribution in [0.1, 0.15) is 35.1 Å². The third-order valence-electron chi connectivity index (χ3n) is 9.87. The molecule has 0 saturated carbocycles. The number of fused-ring (bicyclic) bond motifs is 9. The van der Waals surface area contributed by atoms with Crippen molar-refractivity contribution in [1.82, 2.24) is 0 Å². The minimum Gasteiger partial charge on any atom is -0.457 e. The van der Waals surface area contributed by atoms with Crippen molar-refractivity contribution in [2.75, 3.05) is 0 Å². The standard InChI is InChI=1S/C43H31O2P/c44-46(32-13-3-1-4-14-32,33-15-5-2-6-16-33)34-26-23-30(24-27-34)31-25-28-40-42(29-31)45-41-22-12-11-21-39(41)43(40)37-19-9-7-17-35(37)36-18-8-10-20-38(36)43/h1,3-5,7-29H,2,6H2. The molecule has 6 aromatic carbocycles. The zero-order valence-corrected chi connectivity index (χ0v) is 26.2. The monoisotopic (exact) mass is 610 g/mol. The van der Waals surface area contributed by atoms with Crippen LogP contribution in [0.25, 0.3) is 22.3 Å². The smallest absolute Gasteiger partial charge is 0.170 e. The number of hydrogen-bond acceptors (Lipinski definition) is 2. The molecule has 1 heterocycles. The molecule has 1 atom stereocenters. The first-order valence-corrected chi connectivity index (χ1v) is 17.6. The van der Waals surface area contributed by atoms with Gasteiger partial charge in [-0.3, -0.25) is 0 Å². The Morgan fingerprint density at radius 2 is 1.11 bits per heavy atom. The summed E-state index contributed by atoms with van der Waals surface area (Å²) in [4.78, 5) is 0. The SMILES string of the molecule is O=P(C1=CCCC=C1)(c1ccccc1)c1ccc(-c2ccc3c(c2)Oc2ccccc2C32c3ccccc3-c3ccccc32)cc1. The minimum atomic E-state index is -3.00. The Morgan fingerprint density at radius 3 is 1.80 bits per heavy atom. The van der Waals surface area contributed by atoms with Crippen LogP contribution in [-0.4, -0.2) is 0 Å². The van der Waals surface area contributed by atoms with Crippen LogP contribution in [-0.2, 0) is 9.98 Å². The average Bonchev–Trinajstić information content (AvgIpc) is 3.43. The highest BCUT2D eigenvalue weighted by Crippen LogP contribution is 2.62. The van der Waals surface area contributed by atoms with E-state index in [2.05, 4.69) is 121 Å². The van der Waals surface area contributed by atoms with Crippen molar-refractivity contribution in [3.63, 3.8) is 0 Å². The number of benzene rings is 6. The van der Waals surface area contributed by atoms with Gasteiger partial charge >= 0.3 is 0 Å². The Balaban J connectivity index is 1.18. The van der Waals surface area contributed by atoms with Crippen LogP contribution < -0.4 is 15.3 Å². The van der Waals surface area contributed by atoms with Gasteiger partial charge in [0.05, 0.1) is 5.41 Å². The molecule has 1 spiro atoms. The molecule has 0 saturated heterocycles. The van der Waals surface area contributed by atoms with E-state index in [4.69, 9.17) is 4.74 Å². The summed E-state index contributed by atoms with van der Waals surface area (Å²) in [7, 11) is -3.00. The second kappa shape index (κ2) is 10.4. The van der Waals surface area contributed by atoms with Crippen molar-refractivity contribution in [2.24, 2.45) is 0 Å². The Bertz CT molecular complexity index is 2210. The third-order valence-corrected chi connectivity index (χ3v) is 13.0. The Morgan fingerprint density at radius 1 is 0.522 bits per heavy atom. The molecule has 0 N–H and O–H groups in total. The Kier molecular flexibility index (Phi) is 6.17. The molecule has 1 unspecified atom stereocenters. The maximum Gasteiger partial charge on any atom is 0.170 e. The first kappa shape index (κ1) is 27.2. The first-order valence-electron chi connectivity index (χ1n) is 15.9. The fraction of sp³-hybridized carbons (Fsp3) is 0.0698. The lowest BCUT2D eigenvalue weighted by Crippen LogP contribution is -2.32. The minimum absolute atomic E-state index is 0.469. The van der Waals surface area contributed by atoms with Gasteiger partial charge in [0.2, 0.25) is 0 Å². The predicted molar refractivity (Wildman–Crippen MR) is 189 cm³/mol. The van der Waals surface area contributed by atoms with E-state index in [1.807, 2.05) is 42.5 Å². The molecule has 220 valence electrons. The van der Waals surface area contributed by atoms with Gasteiger partial charge in [0.15, 0.2) is 7.14 Å². The van der Waals surface area contributed by atoms with Gasteiger partial charge in [0.1, 0.15) is 11.5 Å². The predicted octanol–water partition coefficient (Wildman–Crippen LogP) is 10.4. The molecule has 0 fully saturated rings. The maximum atomic E-state index is 14.9. The van der Waals surface area contributed by atoms with E-state index in [9.17, 15) is 4.57 Å². The summed E-state index contributed by atoms with van der Waals surface area (Å²) in [6.45, 7) is 0. The molecule has 2 nitrogen and oxygen atoms in total. The molecule has 3 heteroatoms. The molecule has 0 amide bonds. The van der Waals surface area contributed by atoms with Crippen molar-refractivity contribution in [3.8, 4) is 33.8 Å². The Hall–Kier alpha value is -5.17. The third kappa shape index (κ3) is 3.81. The molecule has 46 heavy (non-hydrogen) atoms. The van der Waals surface area contributed by atoms with Gasteiger partial charge in [0, 0.05) is 27.1 Å². The van der Waals surface area contributed by atoms with Crippen LogP contribution in [0.5, 0.6) is 11.5 Å². The zero-order chi connectivity index (χ0) is 30.7. The number of rotatable bonds is 4. The summed E-state index contributed by atoms with van der Waals surface area (Å²) in [5, 5.41) is 2.63. The summed E-state index contributed by atoms with van der Waals surface area (Å²) in [5.41, 5.74) is 9.07. The van der Waals surface area contributed by atoms with Crippen LogP contribution in [0.15, 0.2) is 169 Å². The van der Waals surface area contributed by atoms with Crippen LogP contribution in [0.2, 0.25) is 0 Å². The lowest BCUT2D eigenvalue weighted by Gasteiger charge is -2.39. The highest BCUT2D eigenvalue weighted by Gasteiger charge is 2.50. The zero-order valence-electron chi connectivity index (χ0n) is 25.3. The molecule has 0 aromatic heterocycles. The summed E-state index contributed by atoms with van der Waals surface area (Å²) in [6.07, 6.45) is 8.24. The van der Waals surface area contributed by atoms with Gasteiger partial charge in [-0.1, -0.05) is 152 Å². The van der Waals surface area contributed by atoms with E-state index < -0.39 is 12.6 Å². The maximum absolute atomic E-state index is 14.9. The molecule has 6 aromatic rings. The number of hydrogen-bond donors (Lipinski definition) is 0. The quantitative estimate of drug-likeness (QED) is 0.185. The Labute approximate surface area is 269 Å². The van der Waals surface area contributed by atoms with Crippen molar-refractivity contribution < 1.29 is 9.30 Å². The molecule has 2 aliphatic carbocycles. The van der Waals surface area contributed by atoms with Gasteiger partial charge in [-0.2, -0.15) is 0 Å². The van der Waals surface area contributed by atoms with Crippen molar-refractivity contribution >= 4 is 17.8 Å². The number of ether oxygens (including phenoxy) is 1. The normalized spacial score (nSPS) is 16.3. The molecular weight excluding hydrogens is 579 g/mol. The van der Waals surface area contributed by atoms with Gasteiger partial charge in [-0.05, 0) is 58.4 Å². The summed E-state index contributed by atoms with van der Waals surface area (Å²) < 4.78 is 21.6. The van der Waals surface area contributed by atoms with Crippen LogP contribution >= 0.6 is 7.14 Å². The van der Waals surface area contributed by atoms with Crippen LogP contribution in [0.3, 0.4) is 0 Å². The molecule has 0 bridgehead atoms. The highest BCUT2D eigenvalue weighted by atomic mass is 31.2. The van der Waals surface area contributed by atoms with Crippen LogP contribution in [0.4, 0.5) is 0 Å². The number of allylic oxidation sites excluding steroid dienone is 4. The van der Waals surface area contributed by atoms with E-state index in [0.29, 0.717) is 0 Å². The molecule has 9 rings (SSSR count). The second-order valence-electron chi connectivity index (χ2n) is 12.3. The lowest BCUT2D eigenvalue weighted by molar-refractivity contribution is 0.436. The van der Waals surface area contributed by atoms with Gasteiger partial charge in [0.25, 0.3) is 0 Å². The van der Waals surface area contributed by atoms with E-state index in [0.717, 1.165) is 57.0 Å². The molecular formula is C43H31O2P. The topological polar surface area (TPSA) is 26.3 Å². The van der Waals surface area contributed by atoms with E-state index in [1.54, 1.807) is 0 Å². The molecule has 1 aliphatic heterocycles. The second-order valence-corrected chi connectivity index (χ2v) is 15.0. The number of para-hydroxylation sites is 1. The fourth-order valence-corrected chi connectivity index (χ4v) is 10.6. The van der Waals surface area contributed by atoms with Gasteiger partial charge in [-0.15, -0.1) is 0 Å². The highest BCUT2D eigenvalue weighted by molar-refractivity contribution is 7.82. The van der Waals surface area contributed by atoms with E-state index >= 15 is 0 Å². The lowest BCUT2D eigenvalue weighted by atomic mass is 9.66. The molecule has 0 radical (unpaired) electrons.